The van der Waals surface area contributed by atoms with Crippen LogP contribution < -0.4 is 4.74 Å². The second kappa shape index (κ2) is 4.09. The van der Waals surface area contributed by atoms with Crippen molar-refractivity contribution in [3.63, 3.8) is 0 Å². The van der Waals surface area contributed by atoms with Gasteiger partial charge in [-0.15, -0.1) is 0 Å². The molecule has 0 aromatic carbocycles. The summed E-state index contributed by atoms with van der Waals surface area (Å²) in [6, 6.07) is 5.84. The van der Waals surface area contributed by atoms with Crippen molar-refractivity contribution in [2.45, 2.75) is 19.3 Å². The first-order valence-electron chi connectivity index (χ1n) is 4.17. The summed E-state index contributed by atoms with van der Waals surface area (Å²) in [6.07, 6.45) is 0. The van der Waals surface area contributed by atoms with Crippen LogP contribution in [0.1, 0.15) is 19.5 Å². The lowest BCUT2D eigenvalue weighted by molar-refractivity contribution is 0.392. The van der Waals surface area contributed by atoms with Gasteiger partial charge in [0.15, 0.2) is 0 Å². The fourth-order valence-corrected chi connectivity index (χ4v) is 1.26. The predicted molar refractivity (Wildman–Crippen MR) is 57.6 cm³/mol. The van der Waals surface area contributed by atoms with Crippen LogP contribution in [0.5, 0.6) is 5.88 Å². The van der Waals surface area contributed by atoms with Crippen molar-refractivity contribution in [2.75, 3.05) is 12.4 Å². The maximum absolute atomic E-state index is 5.07. The smallest absolute Gasteiger partial charge is 0.213 e. The van der Waals surface area contributed by atoms with Crippen LogP contribution in [0.2, 0.25) is 0 Å². The summed E-state index contributed by atoms with van der Waals surface area (Å²) in [5.74, 6) is 0.673. The highest BCUT2D eigenvalue weighted by Crippen LogP contribution is 2.24. The van der Waals surface area contributed by atoms with Gasteiger partial charge in [0.2, 0.25) is 5.88 Å². The van der Waals surface area contributed by atoms with E-state index in [1.807, 2.05) is 18.2 Å². The molecule has 0 saturated heterocycles. The molecule has 0 spiro atoms. The lowest BCUT2D eigenvalue weighted by Gasteiger charge is -2.20. The van der Waals surface area contributed by atoms with Gasteiger partial charge in [-0.2, -0.15) is 0 Å². The summed E-state index contributed by atoms with van der Waals surface area (Å²) >= 11 is 3.47. The Hall–Kier alpha value is -0.570. The second-order valence-corrected chi connectivity index (χ2v) is 4.14. The van der Waals surface area contributed by atoms with E-state index in [4.69, 9.17) is 4.74 Å². The largest absolute Gasteiger partial charge is 0.481 e. The first kappa shape index (κ1) is 10.5. The zero-order chi connectivity index (χ0) is 9.90. The Morgan fingerprint density at radius 3 is 2.69 bits per heavy atom. The maximum Gasteiger partial charge on any atom is 0.213 e. The van der Waals surface area contributed by atoms with E-state index in [1.165, 1.54) is 0 Å². The zero-order valence-corrected chi connectivity index (χ0v) is 9.76. The molecule has 0 aliphatic heterocycles. The molecule has 0 N–H and O–H groups in total. The van der Waals surface area contributed by atoms with Crippen molar-refractivity contribution in [1.29, 1.82) is 0 Å². The van der Waals surface area contributed by atoms with Crippen molar-refractivity contribution in [1.82, 2.24) is 4.98 Å². The Morgan fingerprint density at radius 1 is 1.46 bits per heavy atom. The molecule has 0 radical (unpaired) electrons. The molecule has 1 rings (SSSR count). The Bertz CT molecular complexity index is 286. The van der Waals surface area contributed by atoms with Gasteiger partial charge in [0.05, 0.1) is 12.8 Å². The van der Waals surface area contributed by atoms with Crippen LogP contribution in [0.3, 0.4) is 0 Å². The standard InChI is InChI=1S/C10H14BrNO/c1-10(2,7-11)8-5-4-6-9(12-8)13-3/h4-6H,7H2,1-3H3. The summed E-state index contributed by atoms with van der Waals surface area (Å²) in [7, 11) is 1.63. The Kier molecular flexibility index (Phi) is 3.31. The number of rotatable bonds is 3. The number of halogens is 1. The second-order valence-electron chi connectivity index (χ2n) is 3.58. The van der Waals surface area contributed by atoms with Crippen LogP contribution in [-0.2, 0) is 5.41 Å². The van der Waals surface area contributed by atoms with Crippen LogP contribution in [-0.4, -0.2) is 17.4 Å². The van der Waals surface area contributed by atoms with Gasteiger partial charge in [0, 0.05) is 16.8 Å². The topological polar surface area (TPSA) is 22.1 Å². The lowest BCUT2D eigenvalue weighted by atomic mass is 9.92. The molecular formula is C10H14BrNO. The van der Waals surface area contributed by atoms with Crippen molar-refractivity contribution >= 4 is 15.9 Å². The number of pyridine rings is 1. The fraction of sp³-hybridized carbons (Fsp3) is 0.500. The Morgan fingerprint density at radius 2 is 2.15 bits per heavy atom. The van der Waals surface area contributed by atoms with Crippen LogP contribution in [0.15, 0.2) is 18.2 Å². The van der Waals surface area contributed by atoms with Crippen molar-refractivity contribution in [2.24, 2.45) is 0 Å². The van der Waals surface area contributed by atoms with E-state index in [0.29, 0.717) is 5.88 Å². The van der Waals surface area contributed by atoms with Crippen molar-refractivity contribution in [3.8, 4) is 5.88 Å². The normalized spacial score (nSPS) is 11.4. The number of hydrogen-bond acceptors (Lipinski definition) is 2. The minimum absolute atomic E-state index is 0.0501. The molecule has 2 nitrogen and oxygen atoms in total. The third-order valence-electron chi connectivity index (χ3n) is 1.96. The van der Waals surface area contributed by atoms with E-state index < -0.39 is 0 Å². The molecule has 0 aliphatic rings. The van der Waals surface area contributed by atoms with Crippen LogP contribution in [0.4, 0.5) is 0 Å². The lowest BCUT2D eigenvalue weighted by Crippen LogP contribution is -2.20. The molecular weight excluding hydrogens is 230 g/mol. The summed E-state index contributed by atoms with van der Waals surface area (Å²) in [6.45, 7) is 4.28. The monoisotopic (exact) mass is 243 g/mol. The average Bonchev–Trinajstić information content (AvgIpc) is 2.18. The van der Waals surface area contributed by atoms with Gasteiger partial charge < -0.3 is 4.74 Å². The summed E-state index contributed by atoms with van der Waals surface area (Å²) in [5.41, 5.74) is 1.10. The van der Waals surface area contributed by atoms with E-state index in [2.05, 4.69) is 34.8 Å². The minimum Gasteiger partial charge on any atom is -0.481 e. The van der Waals surface area contributed by atoms with Crippen LogP contribution in [0.25, 0.3) is 0 Å². The number of ether oxygens (including phenoxy) is 1. The summed E-state index contributed by atoms with van der Waals surface area (Å²) in [5, 5.41) is 0.889. The van der Waals surface area contributed by atoms with Gasteiger partial charge >= 0.3 is 0 Å². The molecule has 0 fully saturated rings. The molecule has 0 bridgehead atoms. The number of aromatic nitrogens is 1. The third-order valence-corrected chi connectivity index (χ3v) is 3.36. The highest BCUT2D eigenvalue weighted by molar-refractivity contribution is 9.09. The highest BCUT2D eigenvalue weighted by atomic mass is 79.9. The summed E-state index contributed by atoms with van der Waals surface area (Å²) < 4.78 is 5.07. The predicted octanol–water partition coefficient (Wildman–Crippen LogP) is 2.76. The fourth-order valence-electron chi connectivity index (χ4n) is 0.974. The molecule has 0 unspecified atom stereocenters. The molecule has 1 aromatic rings. The quantitative estimate of drug-likeness (QED) is 0.763. The van der Waals surface area contributed by atoms with E-state index in [9.17, 15) is 0 Å². The molecule has 0 aliphatic carbocycles. The SMILES string of the molecule is COc1cccc(C(C)(C)CBr)n1. The third kappa shape index (κ3) is 2.44. The van der Waals surface area contributed by atoms with Gasteiger partial charge in [-0.05, 0) is 6.07 Å². The van der Waals surface area contributed by atoms with Gasteiger partial charge in [0.25, 0.3) is 0 Å². The number of methoxy groups -OCH3 is 1. The Labute approximate surface area is 87.5 Å². The first-order chi connectivity index (χ1) is 6.10. The molecule has 72 valence electrons. The minimum atomic E-state index is 0.0501. The number of alkyl halides is 1. The Balaban J connectivity index is 3.01. The van der Waals surface area contributed by atoms with Crippen molar-refractivity contribution < 1.29 is 4.74 Å². The molecule has 0 saturated carbocycles. The summed E-state index contributed by atoms with van der Waals surface area (Å²) in [4.78, 5) is 4.38. The van der Waals surface area contributed by atoms with E-state index >= 15 is 0 Å². The zero-order valence-electron chi connectivity index (χ0n) is 8.17. The highest BCUT2D eigenvalue weighted by Gasteiger charge is 2.20. The van der Waals surface area contributed by atoms with E-state index in [1.54, 1.807) is 7.11 Å². The average molecular weight is 244 g/mol. The number of hydrogen-bond donors (Lipinski definition) is 0. The maximum atomic E-state index is 5.07. The molecule has 3 heteroatoms. The van der Waals surface area contributed by atoms with Crippen LogP contribution >= 0.6 is 15.9 Å². The first-order valence-corrected chi connectivity index (χ1v) is 5.30. The molecule has 1 heterocycles. The van der Waals surface area contributed by atoms with Crippen molar-refractivity contribution in [3.05, 3.63) is 23.9 Å². The van der Waals surface area contributed by atoms with E-state index in [0.717, 1.165) is 11.0 Å². The van der Waals surface area contributed by atoms with Gasteiger partial charge in [-0.25, -0.2) is 4.98 Å². The molecule has 0 atom stereocenters. The molecule has 1 aromatic heterocycles. The molecule has 0 amide bonds. The number of nitrogens with zero attached hydrogens (tertiary/aromatic N) is 1. The molecule has 13 heavy (non-hydrogen) atoms. The van der Waals surface area contributed by atoms with Gasteiger partial charge in [0.1, 0.15) is 0 Å². The van der Waals surface area contributed by atoms with Gasteiger partial charge in [-0.1, -0.05) is 35.8 Å². The van der Waals surface area contributed by atoms with Gasteiger partial charge in [-0.3, -0.25) is 0 Å². The van der Waals surface area contributed by atoms with Crippen LogP contribution in [0, 0.1) is 0 Å². The van der Waals surface area contributed by atoms with E-state index in [-0.39, 0.29) is 5.41 Å².